The highest BCUT2D eigenvalue weighted by Gasteiger charge is 2.36. The van der Waals surface area contributed by atoms with Crippen LogP contribution in [0.4, 0.5) is 0 Å². The Hall–Kier alpha value is -3.01. The molecule has 1 atom stereocenters. The van der Waals surface area contributed by atoms with Gasteiger partial charge >= 0.3 is 0 Å². The number of piperazine rings is 1. The van der Waals surface area contributed by atoms with Crippen LogP contribution >= 0.6 is 0 Å². The lowest BCUT2D eigenvalue weighted by molar-refractivity contribution is -0.138. The minimum Gasteiger partial charge on any atom is -0.340 e. The number of nitrogens with zero attached hydrogens (tertiary/aromatic N) is 3. The molecule has 3 aromatic rings. The van der Waals surface area contributed by atoms with Crippen LogP contribution in [0.15, 0.2) is 70.4 Å². The van der Waals surface area contributed by atoms with Crippen molar-refractivity contribution in [3.63, 3.8) is 0 Å². The predicted octanol–water partition coefficient (Wildman–Crippen LogP) is 2.27. The summed E-state index contributed by atoms with van der Waals surface area (Å²) in [5.74, 6) is -0.267. The summed E-state index contributed by atoms with van der Waals surface area (Å²) in [6, 6.07) is 18.0. The third-order valence-electron chi connectivity index (χ3n) is 7.00. The predicted molar refractivity (Wildman–Crippen MR) is 134 cm³/mol. The van der Waals surface area contributed by atoms with Crippen molar-refractivity contribution in [2.75, 3.05) is 39.3 Å². The molecule has 1 amide bonds. The van der Waals surface area contributed by atoms with Gasteiger partial charge in [-0.2, -0.15) is 4.31 Å². The van der Waals surface area contributed by atoms with Crippen molar-refractivity contribution in [3.8, 4) is 0 Å². The molecule has 2 aliphatic rings. The van der Waals surface area contributed by atoms with Crippen LogP contribution in [0.1, 0.15) is 18.4 Å². The summed E-state index contributed by atoms with van der Waals surface area (Å²) in [6.45, 7) is 4.44. The molecule has 35 heavy (non-hydrogen) atoms. The first kappa shape index (κ1) is 23.7. The molecule has 2 aromatic carbocycles. The van der Waals surface area contributed by atoms with Crippen molar-refractivity contribution in [3.05, 3.63) is 76.6 Å². The number of hydrogen-bond donors (Lipinski definition) is 1. The lowest BCUT2D eigenvalue weighted by Crippen LogP contribution is -2.52. The highest BCUT2D eigenvalue weighted by atomic mass is 32.2. The third kappa shape index (κ3) is 5.17. The molecular formula is C26H30N4O4S. The van der Waals surface area contributed by atoms with Gasteiger partial charge in [-0.1, -0.05) is 30.3 Å². The van der Waals surface area contributed by atoms with Crippen LogP contribution in [0.5, 0.6) is 0 Å². The summed E-state index contributed by atoms with van der Waals surface area (Å²) < 4.78 is 28.2. The molecule has 0 radical (unpaired) electrons. The van der Waals surface area contributed by atoms with Gasteiger partial charge in [0, 0.05) is 57.4 Å². The van der Waals surface area contributed by atoms with Crippen molar-refractivity contribution >= 4 is 26.8 Å². The van der Waals surface area contributed by atoms with Crippen LogP contribution in [0, 0.1) is 5.92 Å². The first-order valence-corrected chi connectivity index (χ1v) is 13.5. The zero-order chi connectivity index (χ0) is 24.4. The number of aromatic amines is 1. The van der Waals surface area contributed by atoms with Crippen molar-refractivity contribution in [1.29, 1.82) is 0 Å². The van der Waals surface area contributed by atoms with Crippen molar-refractivity contribution in [2.24, 2.45) is 5.92 Å². The molecule has 0 unspecified atom stereocenters. The van der Waals surface area contributed by atoms with Crippen LogP contribution in [0.25, 0.3) is 10.9 Å². The molecule has 184 valence electrons. The van der Waals surface area contributed by atoms with Gasteiger partial charge in [-0.05, 0) is 48.1 Å². The van der Waals surface area contributed by atoms with Gasteiger partial charge in [-0.15, -0.1) is 0 Å². The van der Waals surface area contributed by atoms with E-state index in [-0.39, 0.29) is 28.8 Å². The number of aromatic nitrogens is 1. The third-order valence-corrected chi connectivity index (χ3v) is 8.86. The molecule has 5 rings (SSSR count). The number of piperidine rings is 1. The number of nitrogens with one attached hydrogen (secondary N) is 1. The maximum atomic E-state index is 13.4. The van der Waals surface area contributed by atoms with Crippen LogP contribution in [-0.2, 0) is 21.4 Å². The minimum absolute atomic E-state index is 0.0559. The van der Waals surface area contributed by atoms with Gasteiger partial charge in [0.05, 0.1) is 10.8 Å². The highest BCUT2D eigenvalue weighted by molar-refractivity contribution is 7.89. The summed E-state index contributed by atoms with van der Waals surface area (Å²) in [5.41, 5.74) is 1.63. The fourth-order valence-corrected chi connectivity index (χ4v) is 6.59. The molecule has 0 saturated carbocycles. The zero-order valence-electron chi connectivity index (χ0n) is 19.6. The van der Waals surface area contributed by atoms with Crippen molar-refractivity contribution in [2.45, 2.75) is 24.3 Å². The summed E-state index contributed by atoms with van der Waals surface area (Å²) >= 11 is 0. The number of rotatable bonds is 5. The largest absolute Gasteiger partial charge is 0.340 e. The van der Waals surface area contributed by atoms with Crippen molar-refractivity contribution in [1.82, 2.24) is 19.1 Å². The Kier molecular flexibility index (Phi) is 6.73. The molecule has 0 aliphatic carbocycles. The topological polar surface area (TPSA) is 93.8 Å². The number of carbonyl (C=O) groups is 1. The average molecular weight is 495 g/mol. The van der Waals surface area contributed by atoms with Gasteiger partial charge in [0.15, 0.2) is 0 Å². The number of carbonyl (C=O) groups excluding carboxylic acids is 1. The number of benzene rings is 2. The second-order valence-corrected chi connectivity index (χ2v) is 11.3. The first-order chi connectivity index (χ1) is 16.9. The van der Waals surface area contributed by atoms with E-state index in [0.717, 1.165) is 19.6 Å². The summed E-state index contributed by atoms with van der Waals surface area (Å²) in [7, 11) is -3.74. The Balaban J connectivity index is 1.23. The molecule has 9 heteroatoms. The Morgan fingerprint density at radius 1 is 0.943 bits per heavy atom. The van der Waals surface area contributed by atoms with E-state index < -0.39 is 10.0 Å². The fourth-order valence-electron chi connectivity index (χ4n) is 5.03. The van der Waals surface area contributed by atoms with E-state index in [1.165, 1.54) is 22.0 Å². The number of pyridine rings is 1. The van der Waals surface area contributed by atoms with Crippen LogP contribution in [0.2, 0.25) is 0 Å². The standard InChI is InChI=1S/C26H30N4O4S/c31-25-11-8-21-17-23(9-10-24(21)27-25)35(33,34)30-12-4-7-22(19-30)26(32)29-15-13-28(14-16-29)18-20-5-2-1-3-6-20/h1-3,5-6,8-11,17,22H,4,7,12-16,18-19H2,(H,27,31)/t22-/m1/s1. The van der Waals surface area contributed by atoms with E-state index in [1.807, 2.05) is 23.1 Å². The summed E-state index contributed by atoms with van der Waals surface area (Å²) in [4.78, 5) is 31.9. The quantitative estimate of drug-likeness (QED) is 0.587. The molecular weight excluding hydrogens is 464 g/mol. The minimum atomic E-state index is -3.74. The van der Waals surface area contributed by atoms with E-state index in [4.69, 9.17) is 0 Å². The zero-order valence-corrected chi connectivity index (χ0v) is 20.4. The van der Waals surface area contributed by atoms with Gasteiger partial charge in [0.25, 0.3) is 0 Å². The molecule has 1 aromatic heterocycles. The molecule has 2 saturated heterocycles. The van der Waals surface area contributed by atoms with Gasteiger partial charge in [0.1, 0.15) is 0 Å². The molecule has 1 N–H and O–H groups in total. The normalized spacial score (nSPS) is 20.2. The van der Waals surface area contributed by atoms with E-state index in [0.29, 0.717) is 43.4 Å². The Morgan fingerprint density at radius 2 is 1.71 bits per heavy atom. The van der Waals surface area contributed by atoms with Crippen LogP contribution < -0.4 is 5.56 Å². The molecule has 8 nitrogen and oxygen atoms in total. The maximum Gasteiger partial charge on any atom is 0.248 e. The van der Waals surface area contributed by atoms with Crippen molar-refractivity contribution < 1.29 is 13.2 Å². The molecule has 0 spiro atoms. The van der Waals surface area contributed by atoms with Gasteiger partial charge in [-0.3, -0.25) is 14.5 Å². The average Bonchev–Trinajstić information content (AvgIpc) is 2.89. The SMILES string of the molecule is O=C([C@@H]1CCCN(S(=O)(=O)c2ccc3[nH]c(=O)ccc3c2)C1)N1CCN(Cc2ccccc2)CC1. The number of amides is 1. The second-order valence-electron chi connectivity index (χ2n) is 9.36. The number of H-pyrrole nitrogens is 1. The summed E-state index contributed by atoms with van der Waals surface area (Å²) in [5, 5.41) is 0.656. The van der Waals surface area contributed by atoms with E-state index in [1.54, 1.807) is 18.2 Å². The molecule has 3 heterocycles. The fraction of sp³-hybridized carbons (Fsp3) is 0.385. The molecule has 2 aliphatic heterocycles. The summed E-state index contributed by atoms with van der Waals surface area (Å²) in [6.07, 6.45) is 1.36. The first-order valence-electron chi connectivity index (χ1n) is 12.1. The van der Waals surface area contributed by atoms with E-state index in [9.17, 15) is 18.0 Å². The van der Waals surface area contributed by atoms with Gasteiger partial charge < -0.3 is 9.88 Å². The van der Waals surface area contributed by atoms with E-state index in [2.05, 4.69) is 22.0 Å². The maximum absolute atomic E-state index is 13.4. The molecule has 0 bridgehead atoms. The second kappa shape index (κ2) is 9.93. The number of sulfonamides is 1. The highest BCUT2D eigenvalue weighted by Crippen LogP contribution is 2.27. The smallest absolute Gasteiger partial charge is 0.248 e. The molecule has 2 fully saturated rings. The Labute approximate surface area is 205 Å². The monoisotopic (exact) mass is 494 g/mol. The van der Waals surface area contributed by atoms with Crippen LogP contribution in [0.3, 0.4) is 0 Å². The number of hydrogen-bond acceptors (Lipinski definition) is 5. The van der Waals surface area contributed by atoms with Gasteiger partial charge in [-0.25, -0.2) is 8.42 Å². The lowest BCUT2D eigenvalue weighted by atomic mass is 9.97. The van der Waals surface area contributed by atoms with Crippen LogP contribution in [-0.4, -0.2) is 72.7 Å². The number of fused-ring (bicyclic) bond motifs is 1. The Bertz CT molecular complexity index is 1360. The Morgan fingerprint density at radius 3 is 2.49 bits per heavy atom. The lowest BCUT2D eigenvalue weighted by Gasteiger charge is -2.38. The van der Waals surface area contributed by atoms with E-state index >= 15 is 0 Å². The van der Waals surface area contributed by atoms with Gasteiger partial charge in [0.2, 0.25) is 21.5 Å².